The van der Waals surface area contributed by atoms with Crippen LogP contribution in [-0.2, 0) is 9.53 Å². The van der Waals surface area contributed by atoms with Crippen molar-refractivity contribution in [3.8, 4) is 5.75 Å². The quantitative estimate of drug-likeness (QED) is 0.820. The highest BCUT2D eigenvalue weighted by molar-refractivity contribution is 5.93. The molecule has 0 heterocycles. The van der Waals surface area contributed by atoms with Gasteiger partial charge in [-0.2, -0.15) is 0 Å². The van der Waals surface area contributed by atoms with Crippen LogP contribution in [0.4, 0.5) is 0 Å². The first-order valence-electron chi connectivity index (χ1n) is 7.79. The number of carbonyl (C=O) groups excluding carboxylic acids is 2. The number of nitrogens with one attached hydrogen (secondary N) is 1. The van der Waals surface area contributed by atoms with Gasteiger partial charge in [-0.1, -0.05) is 25.3 Å². The molecule has 120 valence electrons. The molecule has 2 N–H and O–H groups in total. The first-order valence-corrected chi connectivity index (χ1v) is 7.79. The van der Waals surface area contributed by atoms with E-state index in [1.807, 2.05) is 6.92 Å². The summed E-state index contributed by atoms with van der Waals surface area (Å²) in [5, 5.41) is 12.5. The smallest absolute Gasteiger partial charge is 0.342 e. The molecule has 5 nitrogen and oxygen atoms in total. The molecule has 0 radical (unpaired) electrons. The summed E-state index contributed by atoms with van der Waals surface area (Å²) in [5.74, 6) is -0.585. The van der Waals surface area contributed by atoms with Crippen LogP contribution in [0.1, 0.15) is 48.0 Å². The maximum atomic E-state index is 11.8. The van der Waals surface area contributed by atoms with Gasteiger partial charge < -0.3 is 15.2 Å². The lowest BCUT2D eigenvalue weighted by Gasteiger charge is -2.21. The summed E-state index contributed by atoms with van der Waals surface area (Å²) in [4.78, 5) is 23.5. The summed E-state index contributed by atoms with van der Waals surface area (Å²) in [6, 6.07) is 4.69. The van der Waals surface area contributed by atoms with Gasteiger partial charge in [-0.3, -0.25) is 4.79 Å². The van der Waals surface area contributed by atoms with E-state index in [0.29, 0.717) is 12.5 Å². The van der Waals surface area contributed by atoms with Gasteiger partial charge in [0.15, 0.2) is 6.61 Å². The molecule has 5 heteroatoms. The van der Waals surface area contributed by atoms with Crippen LogP contribution in [0, 0.1) is 12.8 Å². The number of ether oxygens (including phenoxy) is 1. The maximum absolute atomic E-state index is 11.8. The minimum Gasteiger partial charge on any atom is -0.507 e. The average Bonchev–Trinajstić information content (AvgIpc) is 2.51. The molecule has 1 fully saturated rings. The van der Waals surface area contributed by atoms with E-state index in [9.17, 15) is 14.7 Å². The zero-order valence-corrected chi connectivity index (χ0v) is 12.9. The normalized spacial score (nSPS) is 15.3. The van der Waals surface area contributed by atoms with Gasteiger partial charge in [0.1, 0.15) is 11.3 Å². The van der Waals surface area contributed by atoms with Crippen molar-refractivity contribution in [2.24, 2.45) is 5.92 Å². The van der Waals surface area contributed by atoms with Crippen molar-refractivity contribution in [1.29, 1.82) is 0 Å². The second-order valence-electron chi connectivity index (χ2n) is 5.90. The average molecular weight is 305 g/mol. The summed E-state index contributed by atoms with van der Waals surface area (Å²) < 4.78 is 4.94. The summed E-state index contributed by atoms with van der Waals surface area (Å²) in [7, 11) is 0. The Balaban J connectivity index is 1.74. The Kier molecular flexibility index (Phi) is 5.81. The Morgan fingerprint density at radius 3 is 2.68 bits per heavy atom. The first-order chi connectivity index (χ1) is 10.6. The van der Waals surface area contributed by atoms with Crippen molar-refractivity contribution in [3.63, 3.8) is 0 Å². The summed E-state index contributed by atoms with van der Waals surface area (Å²) >= 11 is 0. The molecule has 1 aromatic carbocycles. The van der Waals surface area contributed by atoms with Crippen LogP contribution >= 0.6 is 0 Å². The maximum Gasteiger partial charge on any atom is 0.342 e. The Morgan fingerprint density at radius 1 is 1.27 bits per heavy atom. The predicted octanol–water partition coefficient (Wildman–Crippen LogP) is 2.55. The molecule has 0 unspecified atom stereocenters. The van der Waals surface area contributed by atoms with Crippen LogP contribution in [0.3, 0.4) is 0 Å². The third kappa shape index (κ3) is 4.76. The number of hydrogen-bond donors (Lipinski definition) is 2. The van der Waals surface area contributed by atoms with Crippen LogP contribution in [0.25, 0.3) is 0 Å². The van der Waals surface area contributed by atoms with E-state index in [2.05, 4.69) is 5.32 Å². The standard InChI is InChI=1S/C17H23NO4/c1-12-7-8-14(15(19)9-12)17(21)22-11-16(20)18-10-13-5-3-2-4-6-13/h7-9,13,19H,2-6,10-11H2,1H3,(H,18,20). The van der Waals surface area contributed by atoms with E-state index >= 15 is 0 Å². The second kappa shape index (κ2) is 7.82. The van der Waals surface area contributed by atoms with E-state index < -0.39 is 5.97 Å². The predicted molar refractivity (Wildman–Crippen MR) is 82.7 cm³/mol. The second-order valence-corrected chi connectivity index (χ2v) is 5.90. The van der Waals surface area contributed by atoms with Gasteiger partial charge in [-0.25, -0.2) is 4.79 Å². The number of phenolic OH excluding ortho intramolecular Hbond substituents is 1. The van der Waals surface area contributed by atoms with E-state index in [1.54, 1.807) is 6.07 Å². The minimum absolute atomic E-state index is 0.0747. The zero-order chi connectivity index (χ0) is 15.9. The SMILES string of the molecule is Cc1ccc(C(=O)OCC(=O)NCC2CCCCC2)c(O)c1. The lowest BCUT2D eigenvalue weighted by atomic mass is 9.89. The molecule has 1 aliphatic carbocycles. The molecule has 1 aliphatic rings. The van der Waals surface area contributed by atoms with E-state index in [4.69, 9.17) is 4.74 Å². The van der Waals surface area contributed by atoms with Crippen LogP contribution in [0.2, 0.25) is 0 Å². The van der Waals surface area contributed by atoms with Crippen molar-refractivity contribution < 1.29 is 19.4 Å². The highest BCUT2D eigenvalue weighted by Crippen LogP contribution is 2.22. The third-order valence-corrected chi connectivity index (χ3v) is 4.02. The number of hydrogen-bond acceptors (Lipinski definition) is 4. The van der Waals surface area contributed by atoms with Crippen molar-refractivity contribution in [3.05, 3.63) is 29.3 Å². The lowest BCUT2D eigenvalue weighted by Crippen LogP contribution is -2.33. The number of carbonyl (C=O) groups is 2. The number of aryl methyl sites for hydroxylation is 1. The summed E-state index contributed by atoms with van der Waals surface area (Å²) in [6.07, 6.45) is 6.03. The Hall–Kier alpha value is -2.04. The number of rotatable bonds is 5. The van der Waals surface area contributed by atoms with Gasteiger partial charge in [0.05, 0.1) is 0 Å². The topological polar surface area (TPSA) is 75.6 Å². The lowest BCUT2D eigenvalue weighted by molar-refractivity contribution is -0.124. The summed E-state index contributed by atoms with van der Waals surface area (Å²) in [6.45, 7) is 2.14. The van der Waals surface area contributed by atoms with Gasteiger partial charge in [0, 0.05) is 6.54 Å². The zero-order valence-electron chi connectivity index (χ0n) is 12.9. The number of esters is 1. The molecule has 0 aliphatic heterocycles. The molecular weight excluding hydrogens is 282 g/mol. The van der Waals surface area contributed by atoms with Crippen molar-refractivity contribution in [2.45, 2.75) is 39.0 Å². The van der Waals surface area contributed by atoms with Gasteiger partial charge in [-0.05, 0) is 43.4 Å². The van der Waals surface area contributed by atoms with Gasteiger partial charge in [0.25, 0.3) is 5.91 Å². The van der Waals surface area contributed by atoms with Crippen molar-refractivity contribution >= 4 is 11.9 Å². The van der Waals surface area contributed by atoms with Crippen LogP contribution in [-0.4, -0.2) is 30.1 Å². The number of phenols is 1. The molecule has 22 heavy (non-hydrogen) atoms. The first kappa shape index (κ1) is 16.3. The molecule has 0 aromatic heterocycles. The molecule has 1 amide bonds. The summed E-state index contributed by atoms with van der Waals surface area (Å²) in [5.41, 5.74) is 0.921. The monoisotopic (exact) mass is 305 g/mol. The van der Waals surface area contributed by atoms with Gasteiger partial charge in [-0.15, -0.1) is 0 Å². The van der Waals surface area contributed by atoms with Gasteiger partial charge in [0.2, 0.25) is 0 Å². The molecule has 1 aromatic rings. The molecule has 0 atom stereocenters. The highest BCUT2D eigenvalue weighted by Gasteiger charge is 2.16. The van der Waals surface area contributed by atoms with Crippen LogP contribution < -0.4 is 5.32 Å². The molecule has 0 bridgehead atoms. The molecule has 0 spiro atoms. The minimum atomic E-state index is -0.690. The fraction of sp³-hybridized carbons (Fsp3) is 0.529. The van der Waals surface area contributed by atoms with E-state index in [1.165, 1.54) is 31.4 Å². The van der Waals surface area contributed by atoms with Crippen molar-refractivity contribution in [2.75, 3.05) is 13.2 Å². The molecular formula is C17H23NO4. The van der Waals surface area contributed by atoms with Crippen LogP contribution in [0.5, 0.6) is 5.75 Å². The molecule has 1 saturated carbocycles. The Bertz CT molecular complexity index is 535. The highest BCUT2D eigenvalue weighted by atomic mass is 16.5. The fourth-order valence-corrected chi connectivity index (χ4v) is 2.72. The fourth-order valence-electron chi connectivity index (χ4n) is 2.72. The Labute approximate surface area is 130 Å². The number of aromatic hydroxyl groups is 1. The number of amides is 1. The van der Waals surface area contributed by atoms with Gasteiger partial charge >= 0.3 is 5.97 Å². The molecule has 2 rings (SSSR count). The molecule has 0 saturated heterocycles. The largest absolute Gasteiger partial charge is 0.507 e. The van der Waals surface area contributed by atoms with E-state index in [-0.39, 0.29) is 23.8 Å². The van der Waals surface area contributed by atoms with Crippen molar-refractivity contribution in [1.82, 2.24) is 5.32 Å². The van der Waals surface area contributed by atoms with E-state index in [0.717, 1.165) is 18.4 Å². The number of benzene rings is 1. The van der Waals surface area contributed by atoms with Crippen LogP contribution in [0.15, 0.2) is 18.2 Å². The third-order valence-electron chi connectivity index (χ3n) is 4.02. The Morgan fingerprint density at radius 2 is 2.00 bits per heavy atom.